The number of carbonyl (C=O) groups is 2. The molecule has 0 unspecified atom stereocenters. The number of amides is 2. The number of hydrogen-bond acceptors (Lipinski definition) is 4. The molecule has 0 aromatic carbocycles. The summed E-state index contributed by atoms with van der Waals surface area (Å²) >= 11 is 0. The van der Waals surface area contributed by atoms with E-state index in [0.29, 0.717) is 50.6 Å². The summed E-state index contributed by atoms with van der Waals surface area (Å²) in [5.74, 6) is 0.613. The van der Waals surface area contributed by atoms with Crippen LogP contribution in [0.2, 0.25) is 0 Å². The smallest absolute Gasteiger partial charge is 0.270 e. The van der Waals surface area contributed by atoms with Crippen molar-refractivity contribution in [3.05, 3.63) is 18.0 Å². The molecule has 2 amide bonds. The Balaban J connectivity index is 1.39. The van der Waals surface area contributed by atoms with Gasteiger partial charge in [0.05, 0.1) is 0 Å². The van der Waals surface area contributed by atoms with Crippen LogP contribution in [-0.2, 0) is 21.9 Å². The largest absolute Gasteiger partial charge is 0.345 e. The highest BCUT2D eigenvalue weighted by atomic mass is 32.2. The Morgan fingerprint density at radius 2 is 1.45 bits per heavy atom. The van der Waals surface area contributed by atoms with Gasteiger partial charge in [-0.05, 0) is 50.5 Å². The molecule has 0 atom stereocenters. The zero-order valence-electron chi connectivity index (χ0n) is 20.0. The molecule has 0 N–H and O–H groups in total. The number of aromatic nitrogens is 1. The standard InChI is InChI=1S/C24H38N4O4S/c1-19-7-13-27(14-8-19)24(30)22-17-21(18-25(22)2)33(31,32)28-15-9-20(10-16-28)23(29)26-11-5-3-4-6-12-26/h17-20H,3-16H2,1-2H3. The number of carbonyl (C=O) groups excluding carboxylic acids is 2. The van der Waals surface area contributed by atoms with Crippen molar-refractivity contribution in [2.75, 3.05) is 39.3 Å². The van der Waals surface area contributed by atoms with Crippen LogP contribution >= 0.6 is 0 Å². The van der Waals surface area contributed by atoms with Crippen molar-refractivity contribution in [2.45, 2.75) is 63.2 Å². The van der Waals surface area contributed by atoms with Gasteiger partial charge in [-0.25, -0.2) is 8.42 Å². The lowest BCUT2D eigenvalue weighted by Gasteiger charge is -2.33. The Bertz CT molecular complexity index is 949. The highest BCUT2D eigenvalue weighted by Crippen LogP contribution is 2.27. The Morgan fingerprint density at radius 3 is 2.06 bits per heavy atom. The average molecular weight is 479 g/mol. The van der Waals surface area contributed by atoms with Gasteiger partial charge in [0.2, 0.25) is 15.9 Å². The first-order valence-electron chi connectivity index (χ1n) is 12.5. The van der Waals surface area contributed by atoms with Crippen molar-refractivity contribution < 1.29 is 18.0 Å². The molecule has 1 aromatic heterocycles. The fourth-order valence-corrected chi connectivity index (χ4v) is 6.84. The maximum Gasteiger partial charge on any atom is 0.270 e. The maximum absolute atomic E-state index is 13.3. The third-order valence-electron chi connectivity index (χ3n) is 7.63. The Hall–Kier alpha value is -1.87. The minimum Gasteiger partial charge on any atom is -0.345 e. The van der Waals surface area contributed by atoms with Crippen molar-refractivity contribution in [1.82, 2.24) is 18.7 Å². The van der Waals surface area contributed by atoms with E-state index in [1.165, 1.54) is 23.2 Å². The van der Waals surface area contributed by atoms with E-state index in [0.717, 1.165) is 38.8 Å². The Kier molecular flexibility index (Phi) is 7.48. The van der Waals surface area contributed by atoms with Crippen LogP contribution in [0.5, 0.6) is 0 Å². The molecule has 4 heterocycles. The minimum absolute atomic E-state index is 0.0936. The minimum atomic E-state index is -3.70. The summed E-state index contributed by atoms with van der Waals surface area (Å²) in [4.78, 5) is 29.9. The van der Waals surface area contributed by atoms with Gasteiger partial charge in [0.1, 0.15) is 10.6 Å². The lowest BCUT2D eigenvalue weighted by molar-refractivity contribution is -0.136. The monoisotopic (exact) mass is 478 g/mol. The number of aryl methyl sites for hydroxylation is 1. The van der Waals surface area contributed by atoms with Gasteiger partial charge < -0.3 is 14.4 Å². The molecule has 184 valence electrons. The van der Waals surface area contributed by atoms with Gasteiger partial charge in [-0.15, -0.1) is 0 Å². The van der Waals surface area contributed by atoms with Crippen LogP contribution in [0.4, 0.5) is 0 Å². The first-order chi connectivity index (χ1) is 15.8. The van der Waals surface area contributed by atoms with Gasteiger partial charge in [0.25, 0.3) is 5.91 Å². The van der Waals surface area contributed by atoms with E-state index in [1.54, 1.807) is 17.8 Å². The van der Waals surface area contributed by atoms with Crippen molar-refractivity contribution in [3.8, 4) is 0 Å². The molecule has 33 heavy (non-hydrogen) atoms. The van der Waals surface area contributed by atoms with Gasteiger partial charge in [-0.3, -0.25) is 9.59 Å². The summed E-state index contributed by atoms with van der Waals surface area (Å²) in [6.07, 6.45) is 9.09. The molecule has 0 aliphatic carbocycles. The van der Waals surface area contributed by atoms with Crippen molar-refractivity contribution in [2.24, 2.45) is 18.9 Å². The first kappa shape index (κ1) is 24.3. The number of nitrogens with zero attached hydrogens (tertiary/aromatic N) is 4. The van der Waals surface area contributed by atoms with Crippen molar-refractivity contribution in [1.29, 1.82) is 0 Å². The molecule has 0 saturated carbocycles. The van der Waals surface area contributed by atoms with E-state index in [1.807, 2.05) is 9.80 Å². The average Bonchev–Trinajstić information content (AvgIpc) is 3.03. The lowest BCUT2D eigenvalue weighted by Crippen LogP contribution is -2.44. The van der Waals surface area contributed by atoms with Crippen LogP contribution in [-0.4, -0.2) is 78.2 Å². The SMILES string of the molecule is CC1CCN(C(=O)c2cc(S(=O)(=O)N3CCC(C(=O)N4CCCCCC4)CC3)cn2C)CC1. The molecule has 0 bridgehead atoms. The molecule has 0 spiro atoms. The van der Waals surface area contributed by atoms with Gasteiger partial charge in [0.15, 0.2) is 0 Å². The summed E-state index contributed by atoms with van der Waals surface area (Å²) in [5.41, 5.74) is 0.411. The third kappa shape index (κ3) is 5.29. The number of likely N-dealkylation sites (tertiary alicyclic amines) is 2. The second-order valence-electron chi connectivity index (χ2n) is 10.1. The van der Waals surface area contributed by atoms with Crippen molar-refractivity contribution >= 4 is 21.8 Å². The van der Waals surface area contributed by atoms with Crippen molar-refractivity contribution in [3.63, 3.8) is 0 Å². The fraction of sp³-hybridized carbons (Fsp3) is 0.750. The number of piperidine rings is 2. The maximum atomic E-state index is 13.3. The first-order valence-corrected chi connectivity index (χ1v) is 14.0. The highest BCUT2D eigenvalue weighted by Gasteiger charge is 2.35. The third-order valence-corrected chi connectivity index (χ3v) is 9.49. The zero-order chi connectivity index (χ0) is 23.6. The predicted molar refractivity (Wildman–Crippen MR) is 126 cm³/mol. The van der Waals surface area contributed by atoms with Gasteiger partial charge >= 0.3 is 0 Å². The van der Waals surface area contributed by atoms with Gasteiger partial charge in [-0.2, -0.15) is 4.31 Å². The lowest BCUT2D eigenvalue weighted by atomic mass is 9.96. The van der Waals surface area contributed by atoms with E-state index < -0.39 is 10.0 Å². The number of hydrogen-bond donors (Lipinski definition) is 0. The Morgan fingerprint density at radius 1 is 0.848 bits per heavy atom. The van der Waals surface area contributed by atoms with E-state index >= 15 is 0 Å². The zero-order valence-corrected chi connectivity index (χ0v) is 20.9. The number of sulfonamides is 1. The molecule has 3 fully saturated rings. The molecule has 0 radical (unpaired) electrons. The normalized spacial score (nSPS) is 22.4. The predicted octanol–water partition coefficient (Wildman–Crippen LogP) is 2.70. The molecular weight excluding hydrogens is 440 g/mol. The molecular formula is C24H38N4O4S. The molecule has 3 saturated heterocycles. The summed E-state index contributed by atoms with van der Waals surface area (Å²) < 4.78 is 29.7. The van der Waals surface area contributed by atoms with Gasteiger partial charge in [-0.1, -0.05) is 19.8 Å². The van der Waals surface area contributed by atoms with E-state index in [-0.39, 0.29) is 22.6 Å². The topological polar surface area (TPSA) is 82.9 Å². The van der Waals surface area contributed by atoms with Crippen LogP contribution in [0, 0.1) is 11.8 Å². The fourth-order valence-electron chi connectivity index (χ4n) is 5.30. The molecule has 4 rings (SSSR count). The molecule has 8 nitrogen and oxygen atoms in total. The molecule has 3 aliphatic rings. The van der Waals surface area contributed by atoms with E-state index in [9.17, 15) is 18.0 Å². The quantitative estimate of drug-likeness (QED) is 0.666. The summed E-state index contributed by atoms with van der Waals surface area (Å²) in [5, 5.41) is 0. The Labute approximate surface area is 197 Å². The highest BCUT2D eigenvalue weighted by molar-refractivity contribution is 7.89. The van der Waals surface area contributed by atoms with Crippen LogP contribution in [0.1, 0.15) is 68.8 Å². The van der Waals surface area contributed by atoms with Crippen LogP contribution in [0.3, 0.4) is 0 Å². The summed E-state index contributed by atoms with van der Waals surface area (Å²) in [6, 6.07) is 1.52. The summed E-state index contributed by atoms with van der Waals surface area (Å²) in [6.45, 7) is 5.96. The second kappa shape index (κ2) is 10.2. The van der Waals surface area contributed by atoms with Crippen LogP contribution < -0.4 is 0 Å². The van der Waals surface area contributed by atoms with E-state index in [4.69, 9.17) is 0 Å². The molecule has 3 aliphatic heterocycles. The second-order valence-corrected chi connectivity index (χ2v) is 12.0. The molecule has 1 aromatic rings. The van der Waals surface area contributed by atoms with Crippen LogP contribution in [0.15, 0.2) is 17.2 Å². The van der Waals surface area contributed by atoms with Crippen LogP contribution in [0.25, 0.3) is 0 Å². The molecule has 9 heteroatoms. The number of rotatable bonds is 4. The summed E-state index contributed by atoms with van der Waals surface area (Å²) in [7, 11) is -1.97. The van der Waals surface area contributed by atoms with E-state index in [2.05, 4.69) is 6.92 Å². The van der Waals surface area contributed by atoms with Gasteiger partial charge in [0, 0.05) is 58.4 Å².